The number of carbonyl (C=O) groups excluding carboxylic acids is 3. The number of esters is 3. The van der Waals surface area contributed by atoms with Crippen molar-refractivity contribution in [1.82, 2.24) is 0 Å². The molecule has 0 heterocycles. The molecular weight excluding hydrogens is 877 g/mol. The number of allylic oxidation sites excluding steroid dienone is 6. The third-order valence-corrected chi connectivity index (χ3v) is 14.1. The molecule has 0 aliphatic rings. The van der Waals surface area contributed by atoms with E-state index in [1.807, 2.05) is 0 Å². The van der Waals surface area contributed by atoms with Crippen molar-refractivity contribution in [3.63, 3.8) is 0 Å². The van der Waals surface area contributed by atoms with Gasteiger partial charge in [0.25, 0.3) is 0 Å². The summed E-state index contributed by atoms with van der Waals surface area (Å²) in [6, 6.07) is 0. The summed E-state index contributed by atoms with van der Waals surface area (Å²) in [7, 11) is 0. The maximum absolute atomic E-state index is 12.9. The molecular formula is C65H120O6. The van der Waals surface area contributed by atoms with E-state index in [0.29, 0.717) is 19.3 Å². The summed E-state index contributed by atoms with van der Waals surface area (Å²) in [5.74, 6) is -0.875. The maximum Gasteiger partial charge on any atom is 0.306 e. The zero-order chi connectivity index (χ0) is 51.4. The van der Waals surface area contributed by atoms with Crippen LogP contribution in [0.2, 0.25) is 0 Å². The molecule has 0 aliphatic carbocycles. The fourth-order valence-corrected chi connectivity index (χ4v) is 9.31. The van der Waals surface area contributed by atoms with Crippen molar-refractivity contribution in [2.75, 3.05) is 13.2 Å². The third-order valence-electron chi connectivity index (χ3n) is 14.1. The quantitative estimate of drug-likeness (QED) is 0.0261. The summed E-state index contributed by atoms with van der Waals surface area (Å²) in [6.45, 7) is 6.65. The monoisotopic (exact) mass is 997 g/mol. The SMILES string of the molecule is CCCCC/C=C\CCCCCCCC(=O)OCC(COC(=O)CCCCCCCCCCCCCCC/C=C\CCCCCCCCCC)OC(=O)CCCCCCC/C=C\CCCCCCCCC. The molecule has 6 nitrogen and oxygen atoms in total. The predicted molar refractivity (Wildman–Crippen MR) is 307 cm³/mol. The van der Waals surface area contributed by atoms with Gasteiger partial charge in [-0.05, 0) is 96.3 Å². The van der Waals surface area contributed by atoms with Crippen LogP contribution in [0.5, 0.6) is 0 Å². The zero-order valence-electron chi connectivity index (χ0n) is 47.8. The molecule has 0 bridgehead atoms. The molecule has 1 atom stereocenters. The standard InChI is InChI=1S/C65H120O6/c1-4-7-10-13-16-19-22-25-27-29-30-31-32-33-34-35-36-37-39-40-43-46-49-52-55-58-64(67)70-61-62(60-69-63(66)57-54-51-48-45-42-24-21-18-15-12-9-6-3)71-65(68)59-56-53-50-47-44-41-38-28-26-23-20-17-14-11-8-5-2/h18,21,28-30,38,62H,4-17,19-20,22-27,31-37,39-61H2,1-3H3/b21-18-,30-29-,38-28-. The van der Waals surface area contributed by atoms with Crippen molar-refractivity contribution < 1.29 is 28.6 Å². The van der Waals surface area contributed by atoms with E-state index in [1.54, 1.807) is 0 Å². The van der Waals surface area contributed by atoms with Crippen LogP contribution < -0.4 is 0 Å². The van der Waals surface area contributed by atoms with Crippen LogP contribution in [0.15, 0.2) is 36.5 Å². The van der Waals surface area contributed by atoms with Gasteiger partial charge in [-0.3, -0.25) is 14.4 Å². The first-order valence-electron chi connectivity index (χ1n) is 31.5. The summed E-state index contributed by atoms with van der Waals surface area (Å²) in [6.07, 6.45) is 73.0. The number of hydrogen-bond acceptors (Lipinski definition) is 6. The topological polar surface area (TPSA) is 78.9 Å². The molecule has 0 N–H and O–H groups in total. The summed E-state index contributed by atoms with van der Waals surface area (Å²) >= 11 is 0. The molecule has 0 saturated heterocycles. The highest BCUT2D eigenvalue weighted by Gasteiger charge is 2.19. The van der Waals surface area contributed by atoms with Gasteiger partial charge in [-0.15, -0.1) is 0 Å². The van der Waals surface area contributed by atoms with Gasteiger partial charge in [-0.1, -0.05) is 263 Å². The van der Waals surface area contributed by atoms with Gasteiger partial charge in [-0.2, -0.15) is 0 Å². The second-order valence-corrected chi connectivity index (χ2v) is 21.3. The molecule has 0 aromatic rings. The molecule has 6 heteroatoms. The lowest BCUT2D eigenvalue weighted by atomic mass is 10.0. The highest BCUT2D eigenvalue weighted by atomic mass is 16.6. The van der Waals surface area contributed by atoms with E-state index >= 15 is 0 Å². The van der Waals surface area contributed by atoms with Crippen LogP contribution in [-0.4, -0.2) is 37.2 Å². The first-order valence-corrected chi connectivity index (χ1v) is 31.5. The van der Waals surface area contributed by atoms with Crippen LogP contribution in [0.25, 0.3) is 0 Å². The first kappa shape index (κ1) is 68.6. The Morgan fingerprint density at radius 2 is 0.465 bits per heavy atom. The predicted octanol–water partition coefficient (Wildman–Crippen LogP) is 21.2. The molecule has 1 unspecified atom stereocenters. The van der Waals surface area contributed by atoms with Gasteiger partial charge in [0.15, 0.2) is 6.10 Å². The van der Waals surface area contributed by atoms with Gasteiger partial charge in [-0.25, -0.2) is 0 Å². The molecule has 416 valence electrons. The highest BCUT2D eigenvalue weighted by Crippen LogP contribution is 2.17. The molecule has 0 spiro atoms. The number of unbranched alkanes of at least 4 members (excludes halogenated alkanes) is 41. The highest BCUT2D eigenvalue weighted by molar-refractivity contribution is 5.71. The van der Waals surface area contributed by atoms with E-state index in [0.717, 1.165) is 70.6 Å². The molecule has 0 amide bonds. The van der Waals surface area contributed by atoms with Crippen molar-refractivity contribution in [3.8, 4) is 0 Å². The number of ether oxygens (including phenoxy) is 3. The lowest BCUT2D eigenvalue weighted by Gasteiger charge is -2.18. The van der Waals surface area contributed by atoms with Crippen molar-refractivity contribution >= 4 is 17.9 Å². The van der Waals surface area contributed by atoms with Crippen LogP contribution in [-0.2, 0) is 28.6 Å². The average molecular weight is 998 g/mol. The van der Waals surface area contributed by atoms with Crippen LogP contribution >= 0.6 is 0 Å². The van der Waals surface area contributed by atoms with E-state index < -0.39 is 6.10 Å². The van der Waals surface area contributed by atoms with Gasteiger partial charge in [0.2, 0.25) is 0 Å². The Balaban J connectivity index is 4.23. The van der Waals surface area contributed by atoms with Gasteiger partial charge in [0.1, 0.15) is 13.2 Å². The first-order chi connectivity index (χ1) is 35.0. The van der Waals surface area contributed by atoms with E-state index in [4.69, 9.17) is 14.2 Å². The van der Waals surface area contributed by atoms with Gasteiger partial charge < -0.3 is 14.2 Å². The van der Waals surface area contributed by atoms with E-state index in [-0.39, 0.29) is 31.1 Å². The Morgan fingerprint density at radius 3 is 0.732 bits per heavy atom. The summed E-state index contributed by atoms with van der Waals surface area (Å²) < 4.78 is 16.9. The Hall–Kier alpha value is -2.37. The Kier molecular flexibility index (Phi) is 58.2. The smallest absolute Gasteiger partial charge is 0.306 e. The Morgan fingerprint density at radius 1 is 0.268 bits per heavy atom. The molecule has 0 radical (unpaired) electrons. The van der Waals surface area contributed by atoms with Crippen LogP contribution in [0.3, 0.4) is 0 Å². The molecule has 0 fully saturated rings. The summed E-state index contributed by atoms with van der Waals surface area (Å²) in [4.78, 5) is 38.2. The van der Waals surface area contributed by atoms with Crippen molar-refractivity contribution in [1.29, 1.82) is 0 Å². The molecule has 0 saturated carbocycles. The third kappa shape index (κ3) is 58.4. The maximum atomic E-state index is 12.9. The van der Waals surface area contributed by atoms with E-state index in [2.05, 4.69) is 57.2 Å². The summed E-state index contributed by atoms with van der Waals surface area (Å²) in [5, 5.41) is 0. The van der Waals surface area contributed by atoms with Crippen LogP contribution in [0.4, 0.5) is 0 Å². The van der Waals surface area contributed by atoms with Gasteiger partial charge >= 0.3 is 17.9 Å². The van der Waals surface area contributed by atoms with Gasteiger partial charge in [0.05, 0.1) is 0 Å². The summed E-state index contributed by atoms with van der Waals surface area (Å²) in [5.41, 5.74) is 0. The van der Waals surface area contributed by atoms with E-state index in [1.165, 1.54) is 231 Å². The minimum atomic E-state index is -0.778. The fraction of sp³-hybridized carbons (Fsp3) is 0.862. The normalized spacial score (nSPS) is 12.2. The van der Waals surface area contributed by atoms with Crippen LogP contribution in [0, 0.1) is 0 Å². The molecule has 0 aromatic heterocycles. The second kappa shape index (κ2) is 60.2. The lowest BCUT2D eigenvalue weighted by molar-refractivity contribution is -0.167. The number of hydrogen-bond donors (Lipinski definition) is 0. The molecule has 0 aliphatic heterocycles. The van der Waals surface area contributed by atoms with Crippen molar-refractivity contribution in [3.05, 3.63) is 36.5 Å². The molecule has 0 aromatic carbocycles. The zero-order valence-corrected chi connectivity index (χ0v) is 47.8. The minimum Gasteiger partial charge on any atom is -0.462 e. The largest absolute Gasteiger partial charge is 0.462 e. The van der Waals surface area contributed by atoms with E-state index in [9.17, 15) is 14.4 Å². The Labute approximate surface area is 442 Å². The van der Waals surface area contributed by atoms with Gasteiger partial charge in [0, 0.05) is 19.3 Å². The lowest BCUT2D eigenvalue weighted by Crippen LogP contribution is -2.30. The average Bonchev–Trinajstić information content (AvgIpc) is 3.37. The number of rotatable bonds is 58. The fourth-order valence-electron chi connectivity index (χ4n) is 9.31. The second-order valence-electron chi connectivity index (χ2n) is 21.3. The minimum absolute atomic E-state index is 0.0752. The van der Waals surface area contributed by atoms with Crippen molar-refractivity contribution in [2.45, 2.75) is 348 Å². The van der Waals surface area contributed by atoms with Crippen LogP contribution in [0.1, 0.15) is 342 Å². The number of carbonyl (C=O) groups is 3. The Bertz CT molecular complexity index is 1190. The molecule has 71 heavy (non-hydrogen) atoms. The molecule has 0 rings (SSSR count). The van der Waals surface area contributed by atoms with Crippen molar-refractivity contribution in [2.24, 2.45) is 0 Å².